The second-order valence-electron chi connectivity index (χ2n) is 10.7. The number of hydrogen-bond donors (Lipinski definition) is 2. The Morgan fingerprint density at radius 3 is 2.64 bits per heavy atom. The summed E-state index contributed by atoms with van der Waals surface area (Å²) in [6, 6.07) is 18.5. The van der Waals surface area contributed by atoms with Gasteiger partial charge in [-0.05, 0) is 43.3 Å². The molecule has 10 nitrogen and oxygen atoms in total. The molecule has 3 aliphatic rings. The van der Waals surface area contributed by atoms with Crippen LogP contribution in [-0.4, -0.2) is 73.4 Å². The zero-order valence-electron chi connectivity index (χ0n) is 21.9. The van der Waals surface area contributed by atoms with Gasteiger partial charge in [0.2, 0.25) is 5.95 Å². The summed E-state index contributed by atoms with van der Waals surface area (Å²) in [5.41, 5.74) is 3.35. The number of sulfone groups is 1. The lowest BCUT2D eigenvalue weighted by atomic mass is 10.0. The number of aromatic nitrogens is 3. The molecule has 3 fully saturated rings. The number of likely N-dealkylation sites (N-methyl/N-ethyl adjacent to an activating group) is 1. The SMILES string of the molecule is CN1C[C@@H]2C[C@H]1CN2c1cc(Nc2nc(N3OCC[C@H]3c3ccccc3)c3cc[nH]c3n2)cc(S(C)(=O)=O)c1. The number of likely N-dealkylation sites (tertiary alicyclic amines) is 1. The molecule has 4 aromatic rings. The second kappa shape index (κ2) is 9.22. The zero-order valence-corrected chi connectivity index (χ0v) is 22.7. The number of anilines is 4. The molecule has 0 spiro atoms. The van der Waals surface area contributed by atoms with Crippen LogP contribution in [0.25, 0.3) is 11.0 Å². The minimum atomic E-state index is -3.43. The molecule has 0 saturated carbocycles. The fraction of sp³-hybridized carbons (Fsp3) is 0.357. The maximum atomic E-state index is 12.6. The number of hydrogen-bond acceptors (Lipinski definition) is 9. The Morgan fingerprint density at radius 2 is 1.90 bits per heavy atom. The van der Waals surface area contributed by atoms with Gasteiger partial charge in [-0.15, -0.1) is 0 Å². The first kappa shape index (κ1) is 24.4. The lowest BCUT2D eigenvalue weighted by molar-refractivity contribution is 0.157. The van der Waals surface area contributed by atoms with E-state index in [2.05, 4.69) is 39.3 Å². The topological polar surface area (TPSA) is 107 Å². The van der Waals surface area contributed by atoms with E-state index in [-0.39, 0.29) is 10.9 Å². The van der Waals surface area contributed by atoms with Crippen molar-refractivity contribution >= 4 is 44.0 Å². The minimum absolute atomic E-state index is 0.0240. The molecule has 0 aliphatic carbocycles. The third-order valence-electron chi connectivity index (χ3n) is 8.12. The van der Waals surface area contributed by atoms with Crippen LogP contribution in [0.4, 0.5) is 23.1 Å². The standard InChI is InChI=1S/C28H31N7O3S/c1-33-16-22-14-21(33)17-34(22)20-12-19(13-23(15-20)39(2,36)37)30-28-31-26-24(8-10-29-26)27(32-28)35-25(9-11-38-35)18-6-4-3-5-7-18/h3-8,10,12-13,15,21-22,25H,9,11,14,16-17H2,1-2H3,(H2,29,30,31,32)/t21-,22-,25-/m0/s1. The monoisotopic (exact) mass is 545 g/mol. The molecule has 3 saturated heterocycles. The fourth-order valence-corrected chi connectivity index (χ4v) is 6.83. The van der Waals surface area contributed by atoms with E-state index in [0.29, 0.717) is 41.8 Å². The van der Waals surface area contributed by atoms with Gasteiger partial charge >= 0.3 is 0 Å². The van der Waals surface area contributed by atoms with Crippen LogP contribution in [-0.2, 0) is 14.7 Å². The Bertz CT molecular complexity index is 1640. The van der Waals surface area contributed by atoms with Gasteiger partial charge in [0.05, 0.1) is 22.9 Å². The van der Waals surface area contributed by atoms with E-state index in [9.17, 15) is 8.42 Å². The molecule has 39 heavy (non-hydrogen) atoms. The van der Waals surface area contributed by atoms with Crippen LogP contribution in [0.2, 0.25) is 0 Å². The Balaban J connectivity index is 1.26. The van der Waals surface area contributed by atoms with Crippen LogP contribution in [0.1, 0.15) is 24.4 Å². The van der Waals surface area contributed by atoms with Gasteiger partial charge in [-0.2, -0.15) is 9.97 Å². The maximum absolute atomic E-state index is 12.6. The first-order valence-corrected chi connectivity index (χ1v) is 15.1. The highest BCUT2D eigenvalue weighted by Gasteiger charge is 2.41. The van der Waals surface area contributed by atoms with Crippen molar-refractivity contribution in [1.82, 2.24) is 19.9 Å². The van der Waals surface area contributed by atoms with E-state index < -0.39 is 9.84 Å². The highest BCUT2D eigenvalue weighted by Crippen LogP contribution is 2.39. The first-order chi connectivity index (χ1) is 18.8. The number of nitrogens with zero attached hydrogens (tertiary/aromatic N) is 5. The molecule has 0 amide bonds. The van der Waals surface area contributed by atoms with Gasteiger partial charge in [-0.25, -0.2) is 13.5 Å². The second-order valence-corrected chi connectivity index (χ2v) is 12.7. The largest absolute Gasteiger partial charge is 0.366 e. The molecule has 0 radical (unpaired) electrons. The van der Waals surface area contributed by atoms with Crippen molar-refractivity contribution in [1.29, 1.82) is 0 Å². The van der Waals surface area contributed by atoms with Crippen molar-refractivity contribution in [3.8, 4) is 0 Å². The zero-order chi connectivity index (χ0) is 26.7. The summed E-state index contributed by atoms with van der Waals surface area (Å²) in [5.74, 6) is 1.02. The summed E-state index contributed by atoms with van der Waals surface area (Å²) in [6.07, 6.45) is 5.02. The lowest BCUT2D eigenvalue weighted by Gasteiger charge is -2.34. The van der Waals surface area contributed by atoms with E-state index >= 15 is 0 Å². The minimum Gasteiger partial charge on any atom is -0.366 e. The fourth-order valence-electron chi connectivity index (χ4n) is 6.15. The Hall–Kier alpha value is -3.67. The summed E-state index contributed by atoms with van der Waals surface area (Å²) in [4.78, 5) is 23.8. The van der Waals surface area contributed by atoms with Crippen molar-refractivity contribution in [2.45, 2.75) is 35.9 Å². The lowest BCUT2D eigenvalue weighted by Crippen LogP contribution is -2.44. The van der Waals surface area contributed by atoms with E-state index in [1.807, 2.05) is 41.6 Å². The Kier molecular flexibility index (Phi) is 5.76. The molecule has 3 atom stereocenters. The quantitative estimate of drug-likeness (QED) is 0.373. The van der Waals surface area contributed by atoms with Gasteiger partial charge in [0.25, 0.3) is 0 Å². The summed E-state index contributed by atoms with van der Waals surface area (Å²) >= 11 is 0. The van der Waals surface area contributed by atoms with Gasteiger partial charge in [0, 0.05) is 55.4 Å². The van der Waals surface area contributed by atoms with E-state index in [0.717, 1.165) is 42.6 Å². The molecule has 2 aromatic heterocycles. The highest BCUT2D eigenvalue weighted by molar-refractivity contribution is 7.90. The molecule has 7 rings (SSSR count). The van der Waals surface area contributed by atoms with Crippen molar-refractivity contribution < 1.29 is 13.3 Å². The maximum Gasteiger partial charge on any atom is 0.231 e. The number of fused-ring (bicyclic) bond motifs is 3. The number of aromatic amines is 1. The van der Waals surface area contributed by atoms with Crippen LogP contribution in [0.3, 0.4) is 0 Å². The predicted octanol–water partition coefficient (Wildman–Crippen LogP) is 3.88. The van der Waals surface area contributed by atoms with Gasteiger partial charge in [0.15, 0.2) is 15.7 Å². The van der Waals surface area contributed by atoms with Crippen molar-refractivity contribution in [3.05, 3.63) is 66.4 Å². The molecule has 5 heterocycles. The summed E-state index contributed by atoms with van der Waals surface area (Å²) in [5, 5.41) is 6.03. The van der Waals surface area contributed by atoms with Crippen molar-refractivity contribution in [3.63, 3.8) is 0 Å². The smallest absolute Gasteiger partial charge is 0.231 e. The molecule has 11 heteroatoms. The number of benzene rings is 2. The summed E-state index contributed by atoms with van der Waals surface area (Å²) in [6.45, 7) is 2.45. The average Bonchev–Trinajstić information content (AvgIpc) is 3.72. The van der Waals surface area contributed by atoms with E-state index in [1.54, 1.807) is 12.1 Å². The molecular weight excluding hydrogens is 514 g/mol. The number of piperazine rings is 1. The van der Waals surface area contributed by atoms with Gasteiger partial charge in [0.1, 0.15) is 5.65 Å². The Labute approximate surface area is 227 Å². The number of rotatable bonds is 6. The third-order valence-corrected chi connectivity index (χ3v) is 9.21. The van der Waals surface area contributed by atoms with Crippen LogP contribution in [0.5, 0.6) is 0 Å². The third kappa shape index (κ3) is 4.40. The molecular formula is C28H31N7O3S. The van der Waals surface area contributed by atoms with E-state index in [1.165, 1.54) is 6.26 Å². The van der Waals surface area contributed by atoms with Crippen LogP contribution in [0, 0.1) is 0 Å². The number of hydroxylamine groups is 1. The van der Waals surface area contributed by atoms with E-state index in [4.69, 9.17) is 14.8 Å². The average molecular weight is 546 g/mol. The predicted molar refractivity (Wildman–Crippen MR) is 151 cm³/mol. The van der Waals surface area contributed by atoms with Gasteiger partial charge in [-0.3, -0.25) is 9.74 Å². The Morgan fingerprint density at radius 1 is 1.05 bits per heavy atom. The van der Waals surface area contributed by atoms with Crippen molar-refractivity contribution in [2.24, 2.45) is 0 Å². The molecule has 2 N–H and O–H groups in total. The number of H-pyrrole nitrogens is 1. The molecule has 3 aliphatic heterocycles. The normalized spacial score (nSPS) is 23.3. The van der Waals surface area contributed by atoms with Gasteiger partial charge < -0.3 is 15.2 Å². The molecule has 2 aromatic carbocycles. The molecule has 0 unspecified atom stereocenters. The summed E-state index contributed by atoms with van der Waals surface area (Å²) in [7, 11) is -1.28. The molecule has 202 valence electrons. The number of nitrogens with one attached hydrogen (secondary N) is 2. The van der Waals surface area contributed by atoms with Gasteiger partial charge in [-0.1, -0.05) is 30.3 Å². The highest BCUT2D eigenvalue weighted by atomic mass is 32.2. The van der Waals surface area contributed by atoms with Crippen LogP contribution >= 0.6 is 0 Å². The van der Waals surface area contributed by atoms with Crippen molar-refractivity contribution in [2.75, 3.05) is 48.3 Å². The van der Waals surface area contributed by atoms with Crippen LogP contribution < -0.4 is 15.3 Å². The molecule has 2 bridgehead atoms. The first-order valence-electron chi connectivity index (χ1n) is 13.2. The summed E-state index contributed by atoms with van der Waals surface area (Å²) < 4.78 is 25.3. The van der Waals surface area contributed by atoms with Crippen LogP contribution in [0.15, 0.2) is 65.7 Å².